The smallest absolute Gasteiger partial charge is 0.261 e. The number of halogens is 2. The summed E-state index contributed by atoms with van der Waals surface area (Å²) in [5.41, 5.74) is 1.42. The van der Waals surface area contributed by atoms with E-state index in [1.807, 2.05) is 12.1 Å². The molecule has 4 rings (SSSR count). The number of hydrogen-bond acceptors (Lipinski definition) is 3. The first-order chi connectivity index (χ1) is 13.5. The van der Waals surface area contributed by atoms with Crippen molar-refractivity contribution in [1.29, 1.82) is 0 Å². The van der Waals surface area contributed by atoms with Gasteiger partial charge in [0, 0.05) is 19.2 Å². The molecule has 1 saturated heterocycles. The summed E-state index contributed by atoms with van der Waals surface area (Å²) < 4.78 is 28.2. The Morgan fingerprint density at radius 1 is 1.04 bits per heavy atom. The first-order valence-corrected chi connectivity index (χ1v) is 9.63. The number of likely N-dealkylation sites (tertiary alicyclic amines) is 1. The number of hydrogen-bond donors (Lipinski definition) is 0. The highest BCUT2D eigenvalue weighted by Crippen LogP contribution is 2.21. The monoisotopic (exact) mass is 383 g/mol. The van der Waals surface area contributed by atoms with Gasteiger partial charge in [-0.1, -0.05) is 12.1 Å². The van der Waals surface area contributed by atoms with Crippen molar-refractivity contribution >= 4 is 10.9 Å². The van der Waals surface area contributed by atoms with E-state index in [4.69, 9.17) is 0 Å². The highest BCUT2D eigenvalue weighted by Gasteiger charge is 2.21. The topological polar surface area (TPSA) is 38.1 Å². The molecule has 0 N–H and O–H groups in total. The Morgan fingerprint density at radius 3 is 2.43 bits per heavy atom. The zero-order valence-electron chi connectivity index (χ0n) is 15.9. The molecule has 28 heavy (non-hydrogen) atoms. The molecule has 2 heterocycles. The second-order valence-electron chi connectivity index (χ2n) is 7.58. The van der Waals surface area contributed by atoms with Crippen molar-refractivity contribution in [2.24, 2.45) is 5.92 Å². The highest BCUT2D eigenvalue weighted by atomic mass is 19.1. The molecule has 0 spiro atoms. The van der Waals surface area contributed by atoms with Crippen molar-refractivity contribution in [2.45, 2.75) is 32.9 Å². The summed E-state index contributed by atoms with van der Waals surface area (Å²) in [5, 5.41) is 0.459. The molecular weight excluding hydrogens is 360 g/mol. The van der Waals surface area contributed by atoms with Crippen LogP contribution in [0.2, 0.25) is 0 Å². The Balaban J connectivity index is 1.43. The molecule has 0 unspecified atom stereocenters. The summed E-state index contributed by atoms with van der Waals surface area (Å²) in [5.74, 6) is 0.428. The number of rotatable bonds is 4. The molecule has 4 nitrogen and oxygen atoms in total. The summed E-state index contributed by atoms with van der Waals surface area (Å²) in [6, 6.07) is 10.8. The average Bonchev–Trinajstić information content (AvgIpc) is 2.68. The van der Waals surface area contributed by atoms with E-state index in [1.54, 1.807) is 11.5 Å². The van der Waals surface area contributed by atoms with Crippen LogP contribution in [-0.4, -0.2) is 27.5 Å². The average molecular weight is 383 g/mol. The van der Waals surface area contributed by atoms with Gasteiger partial charge in [-0.25, -0.2) is 13.8 Å². The van der Waals surface area contributed by atoms with Crippen molar-refractivity contribution in [3.8, 4) is 0 Å². The van der Waals surface area contributed by atoms with Gasteiger partial charge in [0.1, 0.15) is 17.5 Å². The van der Waals surface area contributed by atoms with Crippen LogP contribution < -0.4 is 5.56 Å². The number of benzene rings is 2. The van der Waals surface area contributed by atoms with Gasteiger partial charge in [-0.15, -0.1) is 0 Å². The molecule has 1 aromatic heterocycles. The van der Waals surface area contributed by atoms with Gasteiger partial charge in [-0.05, 0) is 68.6 Å². The van der Waals surface area contributed by atoms with Crippen molar-refractivity contribution < 1.29 is 8.78 Å². The fourth-order valence-corrected chi connectivity index (χ4v) is 3.95. The van der Waals surface area contributed by atoms with Crippen LogP contribution in [0.1, 0.15) is 24.2 Å². The molecule has 2 aromatic carbocycles. The van der Waals surface area contributed by atoms with Crippen molar-refractivity contribution in [3.05, 3.63) is 75.8 Å². The van der Waals surface area contributed by atoms with Crippen LogP contribution >= 0.6 is 0 Å². The Hall–Kier alpha value is -2.60. The summed E-state index contributed by atoms with van der Waals surface area (Å²) in [7, 11) is 0. The Morgan fingerprint density at radius 2 is 1.71 bits per heavy atom. The third-order valence-corrected chi connectivity index (χ3v) is 5.58. The number of piperidine rings is 1. The van der Waals surface area contributed by atoms with Gasteiger partial charge in [-0.3, -0.25) is 14.3 Å². The van der Waals surface area contributed by atoms with E-state index >= 15 is 0 Å². The molecule has 6 heteroatoms. The highest BCUT2D eigenvalue weighted by molar-refractivity contribution is 5.77. The molecule has 1 fully saturated rings. The van der Waals surface area contributed by atoms with Crippen LogP contribution in [0.15, 0.2) is 47.3 Å². The van der Waals surface area contributed by atoms with E-state index in [2.05, 4.69) is 9.88 Å². The quantitative estimate of drug-likeness (QED) is 0.686. The van der Waals surface area contributed by atoms with Crippen molar-refractivity contribution in [3.63, 3.8) is 0 Å². The second kappa shape index (κ2) is 7.80. The number of aromatic nitrogens is 2. The summed E-state index contributed by atoms with van der Waals surface area (Å²) >= 11 is 0. The molecule has 0 amide bonds. The van der Waals surface area contributed by atoms with Crippen LogP contribution in [0.5, 0.6) is 0 Å². The Bertz CT molecular complexity index is 1040. The predicted octanol–water partition coefficient (Wildman–Crippen LogP) is 3.90. The minimum atomic E-state index is -0.384. The molecule has 0 aliphatic carbocycles. The summed E-state index contributed by atoms with van der Waals surface area (Å²) in [6.07, 6.45) is 1.99. The number of aryl methyl sites for hydroxylation is 1. The second-order valence-corrected chi connectivity index (χ2v) is 7.58. The number of fused-ring (bicyclic) bond motifs is 1. The standard InChI is InChI=1S/C22H23F2N3O/c1-15-25-21-12-19(24)6-7-20(21)22(28)27(15)14-17-8-10-26(11-9-17)13-16-2-4-18(23)5-3-16/h2-7,12,17H,8-11,13-14H2,1H3. The molecule has 0 radical (unpaired) electrons. The molecular formula is C22H23F2N3O. The van der Waals surface area contributed by atoms with Gasteiger partial charge in [0.05, 0.1) is 10.9 Å². The lowest BCUT2D eigenvalue weighted by atomic mass is 9.96. The maximum atomic E-state index is 13.4. The van der Waals surface area contributed by atoms with Gasteiger partial charge in [0.25, 0.3) is 5.56 Å². The van der Waals surface area contributed by atoms with Crippen LogP contribution in [0.25, 0.3) is 10.9 Å². The van der Waals surface area contributed by atoms with E-state index < -0.39 is 0 Å². The fourth-order valence-electron chi connectivity index (χ4n) is 3.95. The van der Waals surface area contributed by atoms with Gasteiger partial charge < -0.3 is 0 Å². The molecule has 1 aliphatic rings. The first kappa shape index (κ1) is 18.7. The minimum Gasteiger partial charge on any atom is -0.299 e. The van der Waals surface area contributed by atoms with E-state index in [9.17, 15) is 13.6 Å². The summed E-state index contributed by atoms with van der Waals surface area (Å²) in [4.78, 5) is 19.6. The van der Waals surface area contributed by atoms with E-state index in [0.717, 1.165) is 38.0 Å². The zero-order valence-corrected chi connectivity index (χ0v) is 15.9. The van der Waals surface area contributed by atoms with Crippen LogP contribution in [0, 0.1) is 24.5 Å². The zero-order chi connectivity index (χ0) is 19.7. The summed E-state index contributed by atoms with van der Waals surface area (Å²) in [6.45, 7) is 5.14. The SMILES string of the molecule is Cc1nc2cc(F)ccc2c(=O)n1CC1CCN(Cc2ccc(F)cc2)CC1. The number of nitrogens with zero attached hydrogens (tertiary/aromatic N) is 3. The van der Waals surface area contributed by atoms with Crippen molar-refractivity contribution in [2.75, 3.05) is 13.1 Å². The van der Waals surface area contributed by atoms with E-state index in [0.29, 0.717) is 29.2 Å². The largest absolute Gasteiger partial charge is 0.299 e. The molecule has 0 bridgehead atoms. The third kappa shape index (κ3) is 3.97. The Labute approximate surface area is 162 Å². The molecule has 3 aromatic rings. The van der Waals surface area contributed by atoms with E-state index in [-0.39, 0.29) is 17.2 Å². The van der Waals surface area contributed by atoms with Gasteiger partial charge in [0.15, 0.2) is 0 Å². The molecule has 0 saturated carbocycles. The maximum Gasteiger partial charge on any atom is 0.261 e. The fraction of sp³-hybridized carbons (Fsp3) is 0.364. The van der Waals surface area contributed by atoms with Crippen LogP contribution in [-0.2, 0) is 13.1 Å². The minimum absolute atomic E-state index is 0.101. The lowest BCUT2D eigenvalue weighted by Crippen LogP contribution is -2.36. The third-order valence-electron chi connectivity index (χ3n) is 5.58. The van der Waals surface area contributed by atoms with Crippen LogP contribution in [0.3, 0.4) is 0 Å². The lowest BCUT2D eigenvalue weighted by molar-refractivity contribution is 0.166. The predicted molar refractivity (Wildman–Crippen MR) is 105 cm³/mol. The Kier molecular flexibility index (Phi) is 5.22. The van der Waals surface area contributed by atoms with Crippen LogP contribution in [0.4, 0.5) is 8.78 Å². The molecule has 1 aliphatic heterocycles. The van der Waals surface area contributed by atoms with Gasteiger partial charge in [0.2, 0.25) is 0 Å². The molecule has 0 atom stereocenters. The van der Waals surface area contributed by atoms with E-state index in [1.165, 1.54) is 30.3 Å². The maximum absolute atomic E-state index is 13.4. The van der Waals surface area contributed by atoms with Crippen molar-refractivity contribution in [1.82, 2.24) is 14.5 Å². The lowest BCUT2D eigenvalue weighted by Gasteiger charge is -2.32. The van der Waals surface area contributed by atoms with Gasteiger partial charge in [-0.2, -0.15) is 0 Å². The van der Waals surface area contributed by atoms with Gasteiger partial charge >= 0.3 is 0 Å². The molecule has 146 valence electrons. The first-order valence-electron chi connectivity index (χ1n) is 9.63. The normalized spacial score (nSPS) is 16.0.